The van der Waals surface area contributed by atoms with E-state index >= 15 is 0 Å². The molecule has 0 radical (unpaired) electrons. The molecule has 0 unspecified atom stereocenters. The van der Waals surface area contributed by atoms with Crippen LogP contribution in [0.3, 0.4) is 0 Å². The van der Waals surface area contributed by atoms with Crippen LogP contribution < -0.4 is 0 Å². The summed E-state index contributed by atoms with van der Waals surface area (Å²) in [6, 6.07) is 0. The van der Waals surface area contributed by atoms with Crippen LogP contribution in [0.4, 0.5) is 0 Å². The third-order valence-corrected chi connectivity index (χ3v) is 4.64. The molecule has 2 fully saturated rings. The van der Waals surface area contributed by atoms with Crippen LogP contribution >= 0.6 is 0 Å². The van der Waals surface area contributed by atoms with Crippen LogP contribution in [0, 0.1) is 16.9 Å². The van der Waals surface area contributed by atoms with E-state index in [0.29, 0.717) is 5.41 Å². The van der Waals surface area contributed by atoms with Crippen molar-refractivity contribution in [2.75, 3.05) is 0 Å². The van der Waals surface area contributed by atoms with Crippen LogP contribution in [0.1, 0.15) is 38.5 Å². The van der Waals surface area contributed by atoms with Crippen molar-refractivity contribution in [3.05, 3.63) is 0 Å². The lowest BCUT2D eigenvalue weighted by molar-refractivity contribution is 0.0391. The Morgan fingerprint density at radius 1 is 0.933 bits per heavy atom. The molecule has 2 saturated carbocycles. The van der Waals surface area contributed by atoms with Crippen molar-refractivity contribution in [3.8, 4) is 11.5 Å². The molecular formula is C13H22OSi. The Morgan fingerprint density at radius 3 is 1.80 bits per heavy atom. The summed E-state index contributed by atoms with van der Waals surface area (Å²) in [5.74, 6) is 3.17. The zero-order valence-electron chi connectivity index (χ0n) is 10.2. The summed E-state index contributed by atoms with van der Waals surface area (Å²) in [7, 11) is -1.33. The van der Waals surface area contributed by atoms with Crippen molar-refractivity contribution in [2.45, 2.75) is 63.8 Å². The summed E-state index contributed by atoms with van der Waals surface area (Å²) >= 11 is 0. The van der Waals surface area contributed by atoms with E-state index in [-0.39, 0.29) is 0 Å². The molecule has 1 nitrogen and oxygen atoms in total. The van der Waals surface area contributed by atoms with Gasteiger partial charge in [-0.05, 0) is 43.9 Å². The average molecular weight is 222 g/mol. The van der Waals surface area contributed by atoms with Gasteiger partial charge in [0.1, 0.15) is 13.7 Å². The minimum Gasteiger partial charge on any atom is -0.378 e. The molecule has 15 heavy (non-hydrogen) atoms. The molecule has 0 aromatic carbocycles. The second-order valence-electron chi connectivity index (χ2n) is 6.53. The molecular weight excluding hydrogens is 200 g/mol. The van der Waals surface area contributed by atoms with Gasteiger partial charge >= 0.3 is 0 Å². The van der Waals surface area contributed by atoms with Gasteiger partial charge in [-0.2, -0.15) is 0 Å². The molecule has 84 valence electrons. The number of aliphatic hydroxyl groups is 1. The molecule has 0 aromatic rings. The molecule has 0 atom stereocenters. The van der Waals surface area contributed by atoms with Crippen molar-refractivity contribution < 1.29 is 5.11 Å². The standard InChI is InChI=1S/C13H22OSi/c1-15(2,3)11-10-13(14)8-6-12(4-5-12)7-9-13/h14H,4-9H2,1-3H3. The van der Waals surface area contributed by atoms with Gasteiger partial charge in [0.2, 0.25) is 0 Å². The first-order chi connectivity index (χ1) is 6.83. The first-order valence-electron chi connectivity index (χ1n) is 6.09. The lowest BCUT2D eigenvalue weighted by atomic mass is 9.77. The first kappa shape index (κ1) is 11.2. The molecule has 2 aliphatic rings. The fourth-order valence-corrected chi connectivity index (χ4v) is 2.91. The fourth-order valence-electron chi connectivity index (χ4n) is 2.30. The lowest BCUT2D eigenvalue weighted by Gasteiger charge is -2.32. The van der Waals surface area contributed by atoms with Gasteiger partial charge in [0.05, 0.1) is 0 Å². The largest absolute Gasteiger partial charge is 0.378 e. The fraction of sp³-hybridized carbons (Fsp3) is 0.846. The molecule has 1 spiro atoms. The predicted octanol–water partition coefficient (Wildman–Crippen LogP) is 2.95. The summed E-state index contributed by atoms with van der Waals surface area (Å²) in [5, 5.41) is 10.3. The zero-order chi connectivity index (χ0) is 11.2. The zero-order valence-corrected chi connectivity index (χ0v) is 11.2. The van der Waals surface area contributed by atoms with Gasteiger partial charge in [-0.3, -0.25) is 0 Å². The summed E-state index contributed by atoms with van der Waals surface area (Å²) in [6.07, 6.45) is 7.00. The number of hydrogen-bond donors (Lipinski definition) is 1. The topological polar surface area (TPSA) is 20.2 Å². The van der Waals surface area contributed by atoms with Crippen molar-refractivity contribution in [2.24, 2.45) is 5.41 Å². The van der Waals surface area contributed by atoms with Gasteiger partial charge in [0.25, 0.3) is 0 Å². The van der Waals surface area contributed by atoms with Crippen molar-refractivity contribution >= 4 is 8.07 Å². The molecule has 1 N–H and O–H groups in total. The van der Waals surface area contributed by atoms with Crippen molar-refractivity contribution in [1.29, 1.82) is 0 Å². The maximum Gasteiger partial charge on any atom is 0.129 e. The molecule has 2 aliphatic carbocycles. The summed E-state index contributed by atoms with van der Waals surface area (Å²) in [4.78, 5) is 0. The van der Waals surface area contributed by atoms with Gasteiger partial charge < -0.3 is 5.11 Å². The Balaban J connectivity index is 1.99. The van der Waals surface area contributed by atoms with E-state index in [1.165, 1.54) is 25.7 Å². The number of rotatable bonds is 0. The van der Waals surface area contributed by atoms with Crippen LogP contribution in [0.25, 0.3) is 0 Å². The molecule has 2 heteroatoms. The van der Waals surface area contributed by atoms with E-state index in [4.69, 9.17) is 0 Å². The average Bonchev–Trinajstić information content (AvgIpc) is 2.88. The molecule has 0 aliphatic heterocycles. The second-order valence-corrected chi connectivity index (χ2v) is 11.3. The van der Waals surface area contributed by atoms with Crippen LogP contribution in [-0.2, 0) is 0 Å². The maximum absolute atomic E-state index is 10.3. The quantitative estimate of drug-likeness (QED) is 0.493. The lowest BCUT2D eigenvalue weighted by Crippen LogP contribution is -2.34. The van der Waals surface area contributed by atoms with Gasteiger partial charge in [-0.25, -0.2) is 0 Å². The molecule has 0 aromatic heterocycles. The van der Waals surface area contributed by atoms with Crippen LogP contribution in [-0.4, -0.2) is 18.8 Å². The predicted molar refractivity (Wildman–Crippen MR) is 66.2 cm³/mol. The van der Waals surface area contributed by atoms with Crippen LogP contribution in [0.2, 0.25) is 19.6 Å². The van der Waals surface area contributed by atoms with Crippen LogP contribution in [0.5, 0.6) is 0 Å². The van der Waals surface area contributed by atoms with Crippen molar-refractivity contribution in [1.82, 2.24) is 0 Å². The summed E-state index contributed by atoms with van der Waals surface area (Å²) in [6.45, 7) is 6.69. The molecule has 0 saturated heterocycles. The SMILES string of the molecule is C[Si](C)(C)C#CC1(O)CCC2(CC1)CC2. The highest BCUT2D eigenvalue weighted by Crippen LogP contribution is 2.57. The van der Waals surface area contributed by atoms with E-state index < -0.39 is 13.7 Å². The molecule has 0 bridgehead atoms. The minimum absolute atomic E-state index is 0.645. The van der Waals surface area contributed by atoms with E-state index in [1.807, 2.05) is 0 Å². The van der Waals surface area contributed by atoms with Crippen LogP contribution in [0.15, 0.2) is 0 Å². The highest BCUT2D eigenvalue weighted by atomic mass is 28.3. The van der Waals surface area contributed by atoms with E-state index in [1.54, 1.807) is 0 Å². The highest BCUT2D eigenvalue weighted by molar-refractivity contribution is 6.83. The molecule has 0 heterocycles. The van der Waals surface area contributed by atoms with E-state index in [9.17, 15) is 5.11 Å². The first-order valence-corrected chi connectivity index (χ1v) is 9.59. The summed E-state index contributed by atoms with van der Waals surface area (Å²) < 4.78 is 0. The Morgan fingerprint density at radius 2 is 1.40 bits per heavy atom. The van der Waals surface area contributed by atoms with Gasteiger partial charge in [-0.15, -0.1) is 5.54 Å². The van der Waals surface area contributed by atoms with E-state index in [2.05, 4.69) is 31.1 Å². The highest BCUT2D eigenvalue weighted by Gasteiger charge is 2.48. The number of hydrogen-bond acceptors (Lipinski definition) is 1. The van der Waals surface area contributed by atoms with Gasteiger partial charge in [0.15, 0.2) is 0 Å². The van der Waals surface area contributed by atoms with E-state index in [0.717, 1.165) is 12.8 Å². The Labute approximate surface area is 94.3 Å². The minimum atomic E-state index is -1.33. The summed E-state index contributed by atoms with van der Waals surface area (Å²) in [5.41, 5.74) is 3.32. The monoisotopic (exact) mass is 222 g/mol. The van der Waals surface area contributed by atoms with Gasteiger partial charge in [0, 0.05) is 0 Å². The third-order valence-electron chi connectivity index (χ3n) is 3.77. The smallest absolute Gasteiger partial charge is 0.129 e. The Hall–Kier alpha value is -0.263. The molecule has 2 rings (SSSR count). The van der Waals surface area contributed by atoms with Crippen molar-refractivity contribution in [3.63, 3.8) is 0 Å². The van der Waals surface area contributed by atoms with Gasteiger partial charge in [-0.1, -0.05) is 25.6 Å². The molecule has 0 amide bonds. The Bertz CT molecular complexity index is 302. The second kappa shape index (κ2) is 3.36. The third kappa shape index (κ3) is 2.86. The Kier molecular flexibility index (Phi) is 2.52. The maximum atomic E-state index is 10.3. The normalized spacial score (nSPS) is 26.9.